The Labute approximate surface area is 135 Å². The van der Waals surface area contributed by atoms with E-state index in [2.05, 4.69) is 51.9 Å². The smallest absolute Gasteiger partial charge is 0.0945 e. The minimum absolute atomic E-state index is 0.906. The van der Waals surface area contributed by atoms with Crippen molar-refractivity contribution in [1.29, 1.82) is 0 Å². The first-order chi connectivity index (χ1) is 10.8. The van der Waals surface area contributed by atoms with Gasteiger partial charge in [0.2, 0.25) is 0 Å². The summed E-state index contributed by atoms with van der Waals surface area (Å²) < 4.78 is 0. The topological polar surface area (TPSA) is 37.8 Å². The molecule has 1 N–H and O–H groups in total. The zero-order chi connectivity index (χ0) is 15.2. The molecular formula is C18H19N3S. The van der Waals surface area contributed by atoms with Crippen LogP contribution in [-0.4, -0.2) is 16.5 Å². The van der Waals surface area contributed by atoms with E-state index in [0.29, 0.717) is 0 Å². The van der Waals surface area contributed by atoms with E-state index in [1.807, 2.05) is 12.1 Å². The Morgan fingerprint density at radius 2 is 1.82 bits per heavy atom. The van der Waals surface area contributed by atoms with E-state index in [0.717, 1.165) is 30.8 Å². The van der Waals surface area contributed by atoms with Crippen molar-refractivity contribution in [2.75, 3.05) is 6.54 Å². The molecule has 112 valence electrons. The first-order valence-corrected chi connectivity index (χ1v) is 8.30. The number of aromatic nitrogens is 2. The lowest BCUT2D eigenvalue weighted by atomic mass is 10.1. The summed E-state index contributed by atoms with van der Waals surface area (Å²) in [7, 11) is 0. The van der Waals surface area contributed by atoms with Crippen LogP contribution in [-0.2, 0) is 13.0 Å². The zero-order valence-corrected chi connectivity index (χ0v) is 13.4. The summed E-state index contributed by atoms with van der Waals surface area (Å²) in [5.74, 6) is 0. The molecule has 0 aliphatic rings. The predicted molar refractivity (Wildman–Crippen MR) is 91.9 cm³/mol. The molecule has 0 aliphatic heterocycles. The zero-order valence-electron chi connectivity index (χ0n) is 12.6. The van der Waals surface area contributed by atoms with Gasteiger partial charge < -0.3 is 5.32 Å². The lowest BCUT2D eigenvalue weighted by molar-refractivity contribution is 0.685. The molecule has 3 aromatic rings. The number of hydrogen-bond donors (Lipinski definition) is 1. The minimum atomic E-state index is 0.906. The molecule has 0 radical (unpaired) electrons. The van der Waals surface area contributed by atoms with Gasteiger partial charge in [-0.3, -0.25) is 4.98 Å². The van der Waals surface area contributed by atoms with Gasteiger partial charge in [0.1, 0.15) is 0 Å². The molecule has 0 spiro atoms. The second-order valence-corrected chi connectivity index (χ2v) is 6.22. The summed E-state index contributed by atoms with van der Waals surface area (Å²) in [6.45, 7) is 3.96. The maximum Gasteiger partial charge on any atom is 0.0945 e. The van der Waals surface area contributed by atoms with Crippen molar-refractivity contribution in [3.63, 3.8) is 0 Å². The Hall–Kier alpha value is -2.04. The third kappa shape index (κ3) is 4.00. The third-order valence-corrected chi connectivity index (χ3v) is 4.40. The molecule has 4 heteroatoms. The van der Waals surface area contributed by atoms with Gasteiger partial charge in [0.05, 0.1) is 10.7 Å². The molecule has 0 amide bonds. The van der Waals surface area contributed by atoms with Crippen molar-refractivity contribution in [2.45, 2.75) is 19.9 Å². The molecule has 0 saturated heterocycles. The quantitative estimate of drug-likeness (QED) is 0.703. The summed E-state index contributed by atoms with van der Waals surface area (Å²) in [5.41, 5.74) is 4.79. The van der Waals surface area contributed by atoms with Gasteiger partial charge in [-0.1, -0.05) is 29.8 Å². The fraction of sp³-hybridized carbons (Fsp3) is 0.222. The standard InChI is InChI=1S/C18H19N3S/c1-14-2-4-15(5-3-14)12-20-11-8-18-21-17(13-22-18)16-6-9-19-10-7-16/h2-7,9-10,13,20H,8,11-12H2,1H3. The summed E-state index contributed by atoms with van der Waals surface area (Å²) >= 11 is 1.72. The van der Waals surface area contributed by atoms with Crippen molar-refractivity contribution in [1.82, 2.24) is 15.3 Å². The Kier molecular flexibility index (Phi) is 4.93. The van der Waals surface area contributed by atoms with Gasteiger partial charge in [0.25, 0.3) is 0 Å². The summed E-state index contributed by atoms with van der Waals surface area (Å²) in [6, 6.07) is 12.6. The van der Waals surface area contributed by atoms with Crippen LogP contribution in [0.4, 0.5) is 0 Å². The van der Waals surface area contributed by atoms with Gasteiger partial charge in [0.15, 0.2) is 0 Å². The highest BCUT2D eigenvalue weighted by Gasteiger charge is 2.04. The average molecular weight is 309 g/mol. The van der Waals surface area contributed by atoms with Crippen molar-refractivity contribution in [3.8, 4) is 11.3 Å². The van der Waals surface area contributed by atoms with Gasteiger partial charge in [-0.05, 0) is 24.6 Å². The minimum Gasteiger partial charge on any atom is -0.312 e. The van der Waals surface area contributed by atoms with Crippen LogP contribution >= 0.6 is 11.3 Å². The van der Waals surface area contributed by atoms with Crippen molar-refractivity contribution in [3.05, 3.63) is 70.3 Å². The fourth-order valence-electron chi connectivity index (χ4n) is 2.21. The van der Waals surface area contributed by atoms with Crippen LogP contribution in [0, 0.1) is 6.92 Å². The van der Waals surface area contributed by atoms with Crippen LogP contribution < -0.4 is 5.32 Å². The van der Waals surface area contributed by atoms with E-state index in [4.69, 9.17) is 0 Å². The van der Waals surface area contributed by atoms with E-state index in [1.165, 1.54) is 16.1 Å². The van der Waals surface area contributed by atoms with Crippen LogP contribution in [0.3, 0.4) is 0 Å². The lowest BCUT2D eigenvalue weighted by Crippen LogP contribution is -2.16. The fourth-order valence-corrected chi connectivity index (χ4v) is 3.02. The monoisotopic (exact) mass is 309 g/mol. The number of thiazole rings is 1. The molecule has 3 rings (SSSR count). The van der Waals surface area contributed by atoms with Crippen molar-refractivity contribution < 1.29 is 0 Å². The molecule has 2 heterocycles. The van der Waals surface area contributed by atoms with Gasteiger partial charge in [-0.25, -0.2) is 4.98 Å². The van der Waals surface area contributed by atoms with Gasteiger partial charge in [-0.15, -0.1) is 11.3 Å². The van der Waals surface area contributed by atoms with E-state index >= 15 is 0 Å². The first kappa shape index (κ1) is 14.9. The number of rotatable bonds is 6. The number of aryl methyl sites for hydroxylation is 1. The van der Waals surface area contributed by atoms with Crippen LogP contribution in [0.25, 0.3) is 11.3 Å². The van der Waals surface area contributed by atoms with Gasteiger partial charge in [-0.2, -0.15) is 0 Å². The maximum atomic E-state index is 4.69. The van der Waals surface area contributed by atoms with Gasteiger partial charge in [0, 0.05) is 42.8 Å². The molecule has 0 saturated carbocycles. The Balaban J connectivity index is 1.48. The Morgan fingerprint density at radius 1 is 1.05 bits per heavy atom. The molecule has 1 aromatic carbocycles. The molecule has 2 aromatic heterocycles. The second kappa shape index (κ2) is 7.29. The largest absolute Gasteiger partial charge is 0.312 e. The summed E-state index contributed by atoms with van der Waals surface area (Å²) in [4.78, 5) is 8.73. The normalized spacial score (nSPS) is 10.8. The average Bonchev–Trinajstić information content (AvgIpc) is 3.03. The van der Waals surface area contributed by atoms with E-state index in [9.17, 15) is 0 Å². The number of benzene rings is 1. The van der Waals surface area contributed by atoms with E-state index < -0.39 is 0 Å². The number of nitrogens with zero attached hydrogens (tertiary/aromatic N) is 2. The molecule has 0 unspecified atom stereocenters. The van der Waals surface area contributed by atoms with Gasteiger partial charge >= 0.3 is 0 Å². The Morgan fingerprint density at radius 3 is 2.59 bits per heavy atom. The SMILES string of the molecule is Cc1ccc(CNCCc2nc(-c3ccncc3)cs2)cc1. The predicted octanol–water partition coefficient (Wildman–Crippen LogP) is 3.85. The number of pyridine rings is 1. The van der Waals surface area contributed by atoms with Crippen molar-refractivity contribution >= 4 is 11.3 Å². The Bertz CT molecular complexity index is 705. The van der Waals surface area contributed by atoms with Crippen LogP contribution in [0.5, 0.6) is 0 Å². The molecule has 0 fully saturated rings. The molecule has 0 bridgehead atoms. The number of nitrogens with one attached hydrogen (secondary N) is 1. The highest BCUT2D eigenvalue weighted by Crippen LogP contribution is 2.21. The second-order valence-electron chi connectivity index (χ2n) is 5.27. The van der Waals surface area contributed by atoms with E-state index in [1.54, 1.807) is 23.7 Å². The van der Waals surface area contributed by atoms with Crippen molar-refractivity contribution in [2.24, 2.45) is 0 Å². The van der Waals surface area contributed by atoms with Crippen LogP contribution in [0.1, 0.15) is 16.1 Å². The molecule has 22 heavy (non-hydrogen) atoms. The summed E-state index contributed by atoms with van der Waals surface area (Å²) in [5, 5.41) is 6.76. The summed E-state index contributed by atoms with van der Waals surface area (Å²) in [6.07, 6.45) is 4.57. The molecule has 0 atom stereocenters. The highest BCUT2D eigenvalue weighted by atomic mass is 32.1. The van der Waals surface area contributed by atoms with E-state index in [-0.39, 0.29) is 0 Å². The molecular weight excluding hydrogens is 290 g/mol. The number of hydrogen-bond acceptors (Lipinski definition) is 4. The van der Waals surface area contributed by atoms with Crippen LogP contribution in [0.15, 0.2) is 54.2 Å². The maximum absolute atomic E-state index is 4.69. The van der Waals surface area contributed by atoms with Crippen LogP contribution in [0.2, 0.25) is 0 Å². The molecule has 0 aliphatic carbocycles. The first-order valence-electron chi connectivity index (χ1n) is 7.42. The highest BCUT2D eigenvalue weighted by molar-refractivity contribution is 7.09. The lowest BCUT2D eigenvalue weighted by Gasteiger charge is -2.04. The third-order valence-electron chi connectivity index (χ3n) is 3.49. The molecule has 3 nitrogen and oxygen atoms in total.